The molecule has 0 aliphatic heterocycles. The zero-order valence-corrected chi connectivity index (χ0v) is 9.10. The second-order valence-corrected chi connectivity index (χ2v) is 3.32. The van der Waals surface area contributed by atoms with Gasteiger partial charge in [0, 0.05) is 5.69 Å². The van der Waals surface area contributed by atoms with Crippen LogP contribution < -0.4 is 5.32 Å². The molecule has 1 aromatic rings. The van der Waals surface area contributed by atoms with Crippen molar-refractivity contribution in [3.8, 4) is 0 Å². The lowest BCUT2D eigenvalue weighted by atomic mass is 10.2. The van der Waals surface area contributed by atoms with E-state index in [0.29, 0.717) is 12.1 Å². The Kier molecular flexibility index (Phi) is 3.93. The average Bonchev–Trinajstić information content (AvgIpc) is 2.25. The third-order valence-corrected chi connectivity index (χ3v) is 2.05. The van der Waals surface area contributed by atoms with Crippen molar-refractivity contribution in [2.75, 3.05) is 0 Å². The number of hydrogen-bond acceptors (Lipinski definition) is 4. The molecule has 1 unspecified atom stereocenters. The molecule has 0 radical (unpaired) electrons. The summed E-state index contributed by atoms with van der Waals surface area (Å²) in [5, 5.41) is 11.2. The summed E-state index contributed by atoms with van der Waals surface area (Å²) in [7, 11) is 0. The molecule has 0 aliphatic carbocycles. The van der Waals surface area contributed by atoms with E-state index in [2.05, 4.69) is 15.3 Å². The van der Waals surface area contributed by atoms with Crippen molar-refractivity contribution in [1.29, 1.82) is 0 Å². The Morgan fingerprint density at radius 3 is 2.69 bits per heavy atom. The first-order valence-corrected chi connectivity index (χ1v) is 4.87. The molecule has 6 heteroatoms. The minimum atomic E-state index is -1.05. The molecule has 0 aromatic carbocycles. The number of carboxylic acids is 1. The summed E-state index contributed by atoms with van der Waals surface area (Å²) in [5.74, 6) is -1.55. The molecule has 2 N–H and O–H groups in total. The third kappa shape index (κ3) is 3.01. The Bertz CT molecular complexity index is 406. The van der Waals surface area contributed by atoms with Crippen LogP contribution in [0.3, 0.4) is 0 Å². The van der Waals surface area contributed by atoms with Gasteiger partial charge >= 0.3 is 5.97 Å². The molecule has 16 heavy (non-hydrogen) atoms. The summed E-state index contributed by atoms with van der Waals surface area (Å²) < 4.78 is 0. The number of nitrogens with one attached hydrogen (secondary N) is 1. The molecule has 0 bridgehead atoms. The highest BCUT2D eigenvalue weighted by Crippen LogP contribution is 1.99. The largest absolute Gasteiger partial charge is 0.480 e. The van der Waals surface area contributed by atoms with Gasteiger partial charge in [-0.2, -0.15) is 0 Å². The summed E-state index contributed by atoms with van der Waals surface area (Å²) >= 11 is 0. The minimum absolute atomic E-state index is 0.173. The lowest BCUT2D eigenvalue weighted by molar-refractivity contribution is -0.139. The van der Waals surface area contributed by atoms with Crippen molar-refractivity contribution < 1.29 is 14.7 Å². The number of carbonyl (C=O) groups is 2. The van der Waals surface area contributed by atoms with Crippen LogP contribution in [0.5, 0.6) is 0 Å². The maximum Gasteiger partial charge on any atom is 0.326 e. The Hall–Kier alpha value is -1.98. The normalized spacial score (nSPS) is 11.9. The SMILES string of the molecule is CCC(NC(=O)c1cc(C)ncn1)C(=O)O. The molecule has 1 rings (SSSR count). The second kappa shape index (κ2) is 5.20. The summed E-state index contributed by atoms with van der Waals surface area (Å²) in [5.41, 5.74) is 0.829. The number of carboxylic acid groups (broad SMARTS) is 1. The summed E-state index contributed by atoms with van der Waals surface area (Å²) in [6.07, 6.45) is 1.59. The molecule has 1 atom stereocenters. The van der Waals surface area contributed by atoms with Crippen LogP contribution in [-0.4, -0.2) is 33.0 Å². The lowest BCUT2D eigenvalue weighted by Crippen LogP contribution is -2.40. The zero-order valence-electron chi connectivity index (χ0n) is 9.10. The number of carbonyl (C=O) groups excluding carboxylic acids is 1. The molecular formula is C10H13N3O3. The Morgan fingerprint density at radius 1 is 1.50 bits per heavy atom. The Labute approximate surface area is 92.7 Å². The van der Waals surface area contributed by atoms with Crippen LogP contribution in [0, 0.1) is 6.92 Å². The van der Waals surface area contributed by atoms with Crippen LogP contribution in [0.1, 0.15) is 29.5 Å². The Balaban J connectivity index is 2.75. The highest BCUT2D eigenvalue weighted by molar-refractivity contribution is 5.94. The fourth-order valence-corrected chi connectivity index (χ4v) is 1.15. The van der Waals surface area contributed by atoms with Gasteiger partial charge in [0.25, 0.3) is 5.91 Å². The van der Waals surface area contributed by atoms with Crippen molar-refractivity contribution >= 4 is 11.9 Å². The fourth-order valence-electron chi connectivity index (χ4n) is 1.15. The molecule has 0 saturated carbocycles. The van der Waals surface area contributed by atoms with Gasteiger partial charge in [-0.15, -0.1) is 0 Å². The van der Waals surface area contributed by atoms with Crippen molar-refractivity contribution in [3.63, 3.8) is 0 Å². The fraction of sp³-hybridized carbons (Fsp3) is 0.400. The number of amides is 1. The summed E-state index contributed by atoms with van der Waals surface area (Å²) in [6.45, 7) is 3.41. The van der Waals surface area contributed by atoms with Crippen LogP contribution in [-0.2, 0) is 4.79 Å². The van der Waals surface area contributed by atoms with Crippen LogP contribution in [0.25, 0.3) is 0 Å². The topological polar surface area (TPSA) is 92.2 Å². The van der Waals surface area contributed by atoms with Gasteiger partial charge in [0.2, 0.25) is 0 Å². The first-order chi connectivity index (χ1) is 7.54. The van der Waals surface area contributed by atoms with E-state index in [-0.39, 0.29) is 5.69 Å². The van der Waals surface area contributed by atoms with Gasteiger partial charge in [0.05, 0.1) is 0 Å². The number of aryl methyl sites for hydroxylation is 1. The van der Waals surface area contributed by atoms with E-state index in [4.69, 9.17) is 5.11 Å². The van der Waals surface area contributed by atoms with E-state index in [1.165, 1.54) is 12.4 Å². The Morgan fingerprint density at radius 2 is 2.19 bits per heavy atom. The second-order valence-electron chi connectivity index (χ2n) is 3.32. The minimum Gasteiger partial charge on any atom is -0.480 e. The van der Waals surface area contributed by atoms with E-state index < -0.39 is 17.9 Å². The molecule has 0 spiro atoms. The first-order valence-electron chi connectivity index (χ1n) is 4.87. The molecular weight excluding hydrogens is 210 g/mol. The maximum atomic E-state index is 11.6. The number of aliphatic carboxylic acids is 1. The zero-order chi connectivity index (χ0) is 12.1. The van der Waals surface area contributed by atoms with Crippen LogP contribution in [0.4, 0.5) is 0 Å². The standard InChI is InChI=1S/C10H13N3O3/c1-3-7(10(15)16)13-9(14)8-4-6(2)11-5-12-8/h4-5,7H,3H2,1-2H3,(H,13,14)(H,15,16). The number of hydrogen-bond donors (Lipinski definition) is 2. The van der Waals surface area contributed by atoms with Gasteiger partial charge in [0.1, 0.15) is 18.1 Å². The molecule has 6 nitrogen and oxygen atoms in total. The molecule has 0 aliphatic rings. The van der Waals surface area contributed by atoms with E-state index in [9.17, 15) is 9.59 Å². The molecule has 1 amide bonds. The van der Waals surface area contributed by atoms with Crippen molar-refractivity contribution in [3.05, 3.63) is 23.8 Å². The quantitative estimate of drug-likeness (QED) is 0.769. The first kappa shape index (κ1) is 12.1. The molecule has 0 saturated heterocycles. The van der Waals surface area contributed by atoms with Crippen molar-refractivity contribution in [2.45, 2.75) is 26.3 Å². The average molecular weight is 223 g/mol. The summed E-state index contributed by atoms with van der Waals surface area (Å²) in [4.78, 5) is 29.9. The van der Waals surface area contributed by atoms with Crippen LogP contribution >= 0.6 is 0 Å². The predicted octanol–water partition coefficient (Wildman–Crippen LogP) is 0.378. The van der Waals surface area contributed by atoms with Gasteiger partial charge in [-0.25, -0.2) is 14.8 Å². The molecule has 1 aromatic heterocycles. The molecule has 1 heterocycles. The highest BCUT2D eigenvalue weighted by atomic mass is 16.4. The van der Waals surface area contributed by atoms with Crippen LogP contribution in [0.2, 0.25) is 0 Å². The number of nitrogens with zero attached hydrogens (tertiary/aromatic N) is 2. The van der Waals surface area contributed by atoms with Crippen molar-refractivity contribution in [1.82, 2.24) is 15.3 Å². The summed E-state index contributed by atoms with van der Waals surface area (Å²) in [6, 6.07) is 0.618. The maximum absolute atomic E-state index is 11.6. The predicted molar refractivity (Wildman–Crippen MR) is 56.0 cm³/mol. The van der Waals surface area contributed by atoms with E-state index in [0.717, 1.165) is 0 Å². The smallest absolute Gasteiger partial charge is 0.326 e. The van der Waals surface area contributed by atoms with Crippen molar-refractivity contribution in [2.24, 2.45) is 0 Å². The van der Waals surface area contributed by atoms with Gasteiger partial charge < -0.3 is 10.4 Å². The van der Waals surface area contributed by atoms with E-state index in [1.807, 2.05) is 0 Å². The number of rotatable bonds is 4. The molecule has 0 fully saturated rings. The van der Waals surface area contributed by atoms with Gasteiger partial charge in [-0.3, -0.25) is 4.79 Å². The lowest BCUT2D eigenvalue weighted by Gasteiger charge is -2.11. The highest BCUT2D eigenvalue weighted by Gasteiger charge is 2.19. The van der Waals surface area contributed by atoms with Gasteiger partial charge in [-0.1, -0.05) is 6.92 Å². The van der Waals surface area contributed by atoms with E-state index in [1.54, 1.807) is 13.8 Å². The van der Waals surface area contributed by atoms with Gasteiger partial charge in [0.15, 0.2) is 0 Å². The third-order valence-electron chi connectivity index (χ3n) is 2.05. The molecule has 86 valence electrons. The van der Waals surface area contributed by atoms with E-state index >= 15 is 0 Å². The van der Waals surface area contributed by atoms with Crippen LogP contribution in [0.15, 0.2) is 12.4 Å². The monoisotopic (exact) mass is 223 g/mol. The van der Waals surface area contributed by atoms with Gasteiger partial charge in [-0.05, 0) is 19.4 Å². The number of aromatic nitrogens is 2.